The maximum Gasteiger partial charge on any atom is 0.0406 e. The van der Waals surface area contributed by atoms with E-state index in [-0.39, 0.29) is 17.0 Å². The number of nitrogens with one attached hydrogen (secondary N) is 1. The highest BCUT2D eigenvalue weighted by Crippen LogP contribution is 2.09. The van der Waals surface area contributed by atoms with Crippen molar-refractivity contribution in [1.29, 1.82) is 0 Å². The summed E-state index contributed by atoms with van der Waals surface area (Å²) < 4.78 is 0. The van der Waals surface area contributed by atoms with Crippen molar-refractivity contribution in [2.45, 2.75) is 13.1 Å². The first-order valence-electron chi connectivity index (χ1n) is 5.18. The van der Waals surface area contributed by atoms with Crippen molar-refractivity contribution in [2.75, 3.05) is 0 Å². The molecule has 4 heteroatoms. The van der Waals surface area contributed by atoms with E-state index in [0.717, 1.165) is 18.1 Å². The molecule has 0 radical (unpaired) electrons. The van der Waals surface area contributed by atoms with Gasteiger partial charge in [0.2, 0.25) is 0 Å². The van der Waals surface area contributed by atoms with Crippen LogP contribution >= 0.6 is 28.6 Å². The summed E-state index contributed by atoms with van der Waals surface area (Å²) in [4.78, 5) is 4.06. The van der Waals surface area contributed by atoms with Gasteiger partial charge in [-0.05, 0) is 29.3 Å². The van der Waals surface area contributed by atoms with E-state index >= 15 is 0 Å². The predicted octanol–water partition coefficient (Wildman–Crippen LogP) is 3.60. The molecule has 0 spiro atoms. The molecule has 90 valence electrons. The summed E-state index contributed by atoms with van der Waals surface area (Å²) in [5, 5.41) is 4.13. The molecule has 0 aliphatic rings. The van der Waals surface area contributed by atoms with Gasteiger partial charge in [-0.25, -0.2) is 0 Å². The Morgan fingerprint density at radius 1 is 1.00 bits per heavy atom. The van der Waals surface area contributed by atoms with E-state index in [2.05, 4.69) is 16.4 Å². The van der Waals surface area contributed by atoms with Gasteiger partial charge in [0.25, 0.3) is 0 Å². The fraction of sp³-hybridized carbons (Fsp3) is 0.154. The van der Waals surface area contributed by atoms with Crippen molar-refractivity contribution in [2.24, 2.45) is 0 Å². The van der Waals surface area contributed by atoms with Crippen LogP contribution < -0.4 is 5.32 Å². The highest BCUT2D eigenvalue weighted by molar-refractivity contribution is 8.93. The quantitative estimate of drug-likeness (QED) is 0.933. The third kappa shape index (κ3) is 4.86. The van der Waals surface area contributed by atoms with Gasteiger partial charge in [-0.15, -0.1) is 17.0 Å². The number of hydrogen-bond donors (Lipinski definition) is 1. The molecule has 0 saturated carbocycles. The van der Waals surface area contributed by atoms with Gasteiger partial charge in [0.15, 0.2) is 0 Å². The van der Waals surface area contributed by atoms with Crippen molar-refractivity contribution < 1.29 is 0 Å². The molecule has 1 aromatic carbocycles. The molecule has 0 aliphatic carbocycles. The third-order valence-electron chi connectivity index (χ3n) is 2.29. The summed E-state index contributed by atoms with van der Waals surface area (Å²) in [5.41, 5.74) is 2.42. The normalized spacial score (nSPS) is 9.71. The van der Waals surface area contributed by atoms with Gasteiger partial charge in [0.05, 0.1) is 0 Å². The van der Waals surface area contributed by atoms with E-state index in [4.69, 9.17) is 11.6 Å². The minimum atomic E-state index is 0. The Balaban J connectivity index is 0.00000144. The number of benzene rings is 1. The molecule has 0 saturated heterocycles. The topological polar surface area (TPSA) is 24.9 Å². The number of hydrogen-bond acceptors (Lipinski definition) is 2. The fourth-order valence-corrected chi connectivity index (χ4v) is 1.58. The first kappa shape index (κ1) is 14.2. The van der Waals surface area contributed by atoms with Crippen LogP contribution in [0.3, 0.4) is 0 Å². The van der Waals surface area contributed by atoms with Gasteiger partial charge in [0, 0.05) is 30.5 Å². The minimum absolute atomic E-state index is 0. The Morgan fingerprint density at radius 2 is 1.71 bits per heavy atom. The summed E-state index contributed by atoms with van der Waals surface area (Å²) in [6.45, 7) is 1.67. The van der Waals surface area contributed by atoms with E-state index in [1.807, 2.05) is 36.5 Å². The highest BCUT2D eigenvalue weighted by atomic mass is 79.9. The second-order valence-corrected chi connectivity index (χ2v) is 4.03. The molecule has 2 aromatic rings. The lowest BCUT2D eigenvalue weighted by molar-refractivity contribution is 0.691. The number of aromatic nitrogens is 1. The second kappa shape index (κ2) is 7.43. The Kier molecular flexibility index (Phi) is 6.19. The minimum Gasteiger partial charge on any atom is -0.309 e. The predicted molar refractivity (Wildman–Crippen MR) is 76.6 cm³/mol. The fourth-order valence-electron chi connectivity index (χ4n) is 1.46. The van der Waals surface area contributed by atoms with Crippen LogP contribution in [0.5, 0.6) is 0 Å². The molecule has 0 aliphatic heterocycles. The smallest absolute Gasteiger partial charge is 0.0406 e. The summed E-state index contributed by atoms with van der Waals surface area (Å²) in [7, 11) is 0. The van der Waals surface area contributed by atoms with Gasteiger partial charge in [0.1, 0.15) is 0 Å². The van der Waals surface area contributed by atoms with Crippen LogP contribution in [0.2, 0.25) is 5.02 Å². The van der Waals surface area contributed by atoms with Gasteiger partial charge in [-0.2, -0.15) is 0 Å². The maximum absolute atomic E-state index is 5.81. The van der Waals surface area contributed by atoms with E-state index in [0.29, 0.717) is 0 Å². The molecule has 2 rings (SSSR count). The van der Waals surface area contributed by atoms with Crippen molar-refractivity contribution in [1.82, 2.24) is 10.3 Å². The summed E-state index contributed by atoms with van der Waals surface area (Å²) in [5.74, 6) is 0. The third-order valence-corrected chi connectivity index (χ3v) is 2.55. The first-order chi connectivity index (χ1) is 7.84. The van der Waals surface area contributed by atoms with Gasteiger partial charge in [-0.3, -0.25) is 4.98 Å². The maximum atomic E-state index is 5.81. The zero-order valence-corrected chi connectivity index (χ0v) is 11.7. The first-order valence-corrected chi connectivity index (χ1v) is 5.56. The van der Waals surface area contributed by atoms with Crippen molar-refractivity contribution >= 4 is 28.6 Å². The monoisotopic (exact) mass is 312 g/mol. The Hall–Kier alpha value is -0.900. The van der Waals surface area contributed by atoms with Crippen LogP contribution in [0.25, 0.3) is 0 Å². The lowest BCUT2D eigenvalue weighted by Crippen LogP contribution is -2.12. The molecule has 17 heavy (non-hydrogen) atoms. The molecule has 0 bridgehead atoms. The van der Waals surface area contributed by atoms with Crippen molar-refractivity contribution in [3.05, 3.63) is 64.9 Å². The van der Waals surface area contributed by atoms with Crippen LogP contribution in [0.1, 0.15) is 11.1 Å². The average molecular weight is 314 g/mol. The molecule has 1 N–H and O–H groups in total. The van der Waals surface area contributed by atoms with Gasteiger partial charge >= 0.3 is 0 Å². The Bertz CT molecular complexity index is 431. The molecule has 1 aromatic heterocycles. The highest BCUT2D eigenvalue weighted by Gasteiger charge is 1.94. The summed E-state index contributed by atoms with van der Waals surface area (Å²) >= 11 is 5.81. The van der Waals surface area contributed by atoms with Crippen LogP contribution in [0, 0.1) is 0 Å². The molecule has 0 atom stereocenters. The standard InChI is InChI=1S/C13H13ClN2.BrH/c14-13-5-3-11(4-6-13)8-16-10-12-2-1-7-15-9-12;/h1-7,9,16H,8,10H2;1H. The average Bonchev–Trinajstić information content (AvgIpc) is 2.33. The second-order valence-electron chi connectivity index (χ2n) is 3.59. The Morgan fingerprint density at radius 3 is 2.35 bits per heavy atom. The van der Waals surface area contributed by atoms with E-state index < -0.39 is 0 Å². The zero-order chi connectivity index (χ0) is 11.2. The number of halogens is 2. The molecular weight excluding hydrogens is 300 g/mol. The van der Waals surface area contributed by atoms with E-state index in [1.165, 1.54) is 11.1 Å². The molecule has 1 heterocycles. The molecule has 0 unspecified atom stereocenters. The number of pyridine rings is 1. The largest absolute Gasteiger partial charge is 0.309 e. The van der Waals surface area contributed by atoms with Crippen molar-refractivity contribution in [3.63, 3.8) is 0 Å². The Labute approximate surface area is 117 Å². The van der Waals surface area contributed by atoms with Crippen molar-refractivity contribution in [3.8, 4) is 0 Å². The van der Waals surface area contributed by atoms with Gasteiger partial charge < -0.3 is 5.32 Å². The van der Waals surface area contributed by atoms with E-state index in [9.17, 15) is 0 Å². The summed E-state index contributed by atoms with van der Waals surface area (Å²) in [6.07, 6.45) is 3.65. The van der Waals surface area contributed by atoms with Crippen LogP contribution in [0.15, 0.2) is 48.8 Å². The van der Waals surface area contributed by atoms with Gasteiger partial charge in [-0.1, -0.05) is 29.8 Å². The molecule has 0 amide bonds. The number of nitrogens with zero attached hydrogens (tertiary/aromatic N) is 1. The molecular formula is C13H14BrClN2. The lowest BCUT2D eigenvalue weighted by atomic mass is 10.2. The van der Waals surface area contributed by atoms with Crippen LogP contribution in [-0.2, 0) is 13.1 Å². The lowest BCUT2D eigenvalue weighted by Gasteiger charge is -2.04. The SMILES string of the molecule is Br.Clc1ccc(CNCc2cccnc2)cc1. The number of rotatable bonds is 4. The van der Waals surface area contributed by atoms with E-state index in [1.54, 1.807) is 6.20 Å². The molecule has 2 nitrogen and oxygen atoms in total. The van der Waals surface area contributed by atoms with Crippen LogP contribution in [0.4, 0.5) is 0 Å². The summed E-state index contributed by atoms with van der Waals surface area (Å²) in [6, 6.07) is 11.9. The van der Waals surface area contributed by atoms with Crippen LogP contribution in [-0.4, -0.2) is 4.98 Å². The zero-order valence-electron chi connectivity index (χ0n) is 9.27. The molecule has 0 fully saturated rings.